The molecule has 0 radical (unpaired) electrons. The number of hydrogen-bond acceptors (Lipinski definition) is 5. The molecule has 5 nitrogen and oxygen atoms in total. The van der Waals surface area contributed by atoms with Crippen LogP contribution in [0.3, 0.4) is 0 Å². The molecule has 0 saturated heterocycles. The zero-order chi connectivity index (χ0) is 20.7. The van der Waals surface area contributed by atoms with E-state index in [0.717, 1.165) is 47.4 Å². The van der Waals surface area contributed by atoms with Gasteiger partial charge in [-0.15, -0.1) is 10.2 Å². The topological polar surface area (TPSA) is 63.7 Å². The van der Waals surface area contributed by atoms with E-state index in [0.29, 0.717) is 0 Å². The van der Waals surface area contributed by atoms with E-state index in [9.17, 15) is 5.26 Å². The fourth-order valence-corrected chi connectivity index (χ4v) is 4.12. The van der Waals surface area contributed by atoms with E-state index in [1.54, 1.807) is 18.9 Å². The van der Waals surface area contributed by atoms with Crippen LogP contribution in [0.2, 0.25) is 0 Å². The molecule has 0 spiro atoms. The summed E-state index contributed by atoms with van der Waals surface area (Å²) in [5, 5.41) is 19.1. The maximum absolute atomic E-state index is 9.25. The maximum atomic E-state index is 9.25. The van der Waals surface area contributed by atoms with Gasteiger partial charge in [0.1, 0.15) is 5.75 Å². The number of aryl methyl sites for hydroxylation is 1. The number of hydrogen-bond donors (Lipinski definition) is 0. The molecule has 0 aliphatic carbocycles. The SMILES string of the molecule is COc1ccc(-c2nnc(SCCC(C)(C)C#N)n2CCc2ccccc2)cc1. The van der Waals surface area contributed by atoms with Crippen molar-refractivity contribution in [2.24, 2.45) is 5.41 Å². The third kappa shape index (κ3) is 5.61. The van der Waals surface area contributed by atoms with E-state index in [2.05, 4.69) is 45.1 Å². The van der Waals surface area contributed by atoms with Crippen molar-refractivity contribution < 1.29 is 4.74 Å². The summed E-state index contributed by atoms with van der Waals surface area (Å²) in [6.07, 6.45) is 1.71. The Kier molecular flexibility index (Phi) is 6.95. The second-order valence-corrected chi connectivity index (χ2v) is 8.58. The Labute approximate surface area is 176 Å². The molecule has 0 saturated carbocycles. The van der Waals surface area contributed by atoms with Crippen molar-refractivity contribution in [3.63, 3.8) is 0 Å². The lowest BCUT2D eigenvalue weighted by molar-refractivity contribution is 0.415. The lowest BCUT2D eigenvalue weighted by Gasteiger charge is -2.15. The molecule has 0 aliphatic heterocycles. The van der Waals surface area contributed by atoms with Crippen molar-refractivity contribution in [3.05, 3.63) is 60.2 Å². The molecule has 0 bridgehead atoms. The number of thioether (sulfide) groups is 1. The summed E-state index contributed by atoms with van der Waals surface area (Å²) >= 11 is 1.66. The highest BCUT2D eigenvalue weighted by molar-refractivity contribution is 7.99. The molecule has 0 atom stereocenters. The summed E-state index contributed by atoms with van der Waals surface area (Å²) in [5.41, 5.74) is 1.96. The van der Waals surface area contributed by atoms with Crippen LogP contribution in [-0.2, 0) is 13.0 Å². The monoisotopic (exact) mass is 406 g/mol. The Hall–Kier alpha value is -2.78. The Balaban J connectivity index is 1.82. The predicted octanol–water partition coefficient (Wildman–Crippen LogP) is 5.23. The molecular formula is C23H26N4OS. The minimum absolute atomic E-state index is 0.333. The first-order valence-corrected chi connectivity index (χ1v) is 10.7. The molecule has 0 aliphatic rings. The standard InChI is InChI=1S/C23H26N4OS/c1-23(2,17-24)14-16-29-22-26-25-21(19-9-11-20(28-3)12-10-19)27(22)15-13-18-7-5-4-6-8-18/h4-12H,13-16H2,1-3H3. The van der Waals surface area contributed by atoms with Gasteiger partial charge in [0.25, 0.3) is 0 Å². The highest BCUT2D eigenvalue weighted by Gasteiger charge is 2.19. The molecule has 3 aromatic rings. The van der Waals surface area contributed by atoms with E-state index in [-0.39, 0.29) is 5.41 Å². The van der Waals surface area contributed by atoms with Gasteiger partial charge in [-0.3, -0.25) is 0 Å². The largest absolute Gasteiger partial charge is 0.497 e. The number of methoxy groups -OCH3 is 1. The first-order valence-electron chi connectivity index (χ1n) is 9.68. The van der Waals surface area contributed by atoms with Crippen LogP contribution in [0.5, 0.6) is 5.75 Å². The van der Waals surface area contributed by atoms with Crippen molar-refractivity contribution >= 4 is 11.8 Å². The van der Waals surface area contributed by atoms with Gasteiger partial charge in [-0.05, 0) is 56.5 Å². The van der Waals surface area contributed by atoms with E-state index in [1.807, 2.05) is 44.2 Å². The van der Waals surface area contributed by atoms with Crippen molar-refractivity contribution in [2.45, 2.75) is 38.4 Å². The van der Waals surface area contributed by atoms with Gasteiger partial charge in [0, 0.05) is 17.9 Å². The molecule has 1 aromatic heterocycles. The first-order chi connectivity index (χ1) is 14.0. The van der Waals surface area contributed by atoms with Gasteiger partial charge >= 0.3 is 0 Å². The van der Waals surface area contributed by atoms with E-state index in [4.69, 9.17) is 4.74 Å². The van der Waals surface area contributed by atoms with Gasteiger partial charge in [-0.1, -0.05) is 42.1 Å². The molecule has 150 valence electrons. The molecule has 2 aromatic carbocycles. The molecule has 3 rings (SSSR count). The van der Waals surface area contributed by atoms with Crippen LogP contribution >= 0.6 is 11.8 Å². The zero-order valence-corrected chi connectivity index (χ0v) is 17.9. The van der Waals surface area contributed by atoms with E-state index < -0.39 is 0 Å². The van der Waals surface area contributed by atoms with Crippen LogP contribution in [0.1, 0.15) is 25.8 Å². The first kappa shape index (κ1) is 20.9. The highest BCUT2D eigenvalue weighted by atomic mass is 32.2. The number of rotatable bonds is 9. The zero-order valence-electron chi connectivity index (χ0n) is 17.1. The maximum Gasteiger partial charge on any atom is 0.191 e. The highest BCUT2D eigenvalue weighted by Crippen LogP contribution is 2.29. The quantitative estimate of drug-likeness (QED) is 0.455. The summed E-state index contributed by atoms with van der Waals surface area (Å²) < 4.78 is 7.45. The lowest BCUT2D eigenvalue weighted by atomic mass is 9.93. The van der Waals surface area contributed by atoms with Gasteiger partial charge in [-0.2, -0.15) is 5.26 Å². The third-order valence-corrected chi connectivity index (χ3v) is 5.76. The van der Waals surface area contributed by atoms with Crippen LogP contribution < -0.4 is 4.74 Å². The summed E-state index contributed by atoms with van der Waals surface area (Å²) in [4.78, 5) is 0. The Morgan fingerprint density at radius 3 is 2.45 bits per heavy atom. The smallest absolute Gasteiger partial charge is 0.191 e. The fraction of sp³-hybridized carbons (Fsp3) is 0.348. The average Bonchev–Trinajstić information content (AvgIpc) is 3.15. The van der Waals surface area contributed by atoms with Gasteiger partial charge in [0.05, 0.1) is 18.6 Å². The molecule has 0 unspecified atom stereocenters. The Morgan fingerprint density at radius 1 is 1.07 bits per heavy atom. The molecule has 29 heavy (non-hydrogen) atoms. The minimum atomic E-state index is -0.333. The number of ether oxygens (including phenoxy) is 1. The van der Waals surface area contributed by atoms with E-state index >= 15 is 0 Å². The predicted molar refractivity (Wildman–Crippen MR) is 117 cm³/mol. The van der Waals surface area contributed by atoms with Crippen LogP contribution in [0.4, 0.5) is 0 Å². The van der Waals surface area contributed by atoms with Crippen molar-refractivity contribution in [1.82, 2.24) is 14.8 Å². The molecule has 0 fully saturated rings. The molecule has 0 N–H and O–H groups in total. The normalized spacial score (nSPS) is 11.2. The third-order valence-electron chi connectivity index (χ3n) is 4.79. The average molecular weight is 407 g/mol. The van der Waals surface area contributed by atoms with Crippen molar-refractivity contribution in [1.29, 1.82) is 5.26 Å². The minimum Gasteiger partial charge on any atom is -0.497 e. The second kappa shape index (κ2) is 9.62. The Bertz CT molecular complexity index is 959. The number of aromatic nitrogens is 3. The molecule has 6 heteroatoms. The summed E-state index contributed by atoms with van der Waals surface area (Å²) in [6, 6.07) is 20.7. The molecule has 1 heterocycles. The molecular weight excluding hydrogens is 380 g/mol. The van der Waals surface area contributed by atoms with Gasteiger partial charge < -0.3 is 9.30 Å². The number of benzene rings is 2. The van der Waals surface area contributed by atoms with Gasteiger partial charge in [0.15, 0.2) is 11.0 Å². The van der Waals surface area contributed by atoms with Crippen molar-refractivity contribution in [3.8, 4) is 23.2 Å². The summed E-state index contributed by atoms with van der Waals surface area (Å²) in [6.45, 7) is 4.73. The molecule has 0 amide bonds. The van der Waals surface area contributed by atoms with Crippen LogP contribution in [0, 0.1) is 16.7 Å². The van der Waals surface area contributed by atoms with Gasteiger partial charge in [0.2, 0.25) is 0 Å². The Morgan fingerprint density at radius 2 is 1.79 bits per heavy atom. The van der Waals surface area contributed by atoms with Crippen LogP contribution in [0.15, 0.2) is 59.8 Å². The van der Waals surface area contributed by atoms with Gasteiger partial charge in [-0.25, -0.2) is 0 Å². The number of nitrogens with zero attached hydrogens (tertiary/aromatic N) is 4. The lowest BCUT2D eigenvalue weighted by Crippen LogP contribution is -2.10. The van der Waals surface area contributed by atoms with Crippen molar-refractivity contribution in [2.75, 3.05) is 12.9 Å². The number of nitriles is 1. The fourth-order valence-electron chi connectivity index (χ4n) is 2.89. The van der Waals surface area contributed by atoms with E-state index in [1.165, 1.54) is 5.56 Å². The second-order valence-electron chi connectivity index (χ2n) is 7.52. The van der Waals surface area contributed by atoms with Crippen LogP contribution in [0.25, 0.3) is 11.4 Å². The summed E-state index contributed by atoms with van der Waals surface area (Å²) in [7, 11) is 1.66. The summed E-state index contributed by atoms with van der Waals surface area (Å²) in [5.74, 6) is 2.50. The van der Waals surface area contributed by atoms with Crippen LogP contribution in [-0.4, -0.2) is 27.6 Å².